The first-order valence-electron chi connectivity index (χ1n) is 14.6. The summed E-state index contributed by atoms with van der Waals surface area (Å²) >= 11 is 0. The molecule has 0 saturated carbocycles. The highest BCUT2D eigenvalue weighted by Crippen LogP contribution is 2.27. The number of para-hydroxylation sites is 1. The Morgan fingerprint density at radius 1 is 1.07 bits per heavy atom. The average Bonchev–Trinajstić information content (AvgIpc) is 3.04. The van der Waals surface area contributed by atoms with Crippen molar-refractivity contribution in [1.82, 2.24) is 19.9 Å². The van der Waals surface area contributed by atoms with Crippen LogP contribution in [0, 0.1) is 5.82 Å². The summed E-state index contributed by atoms with van der Waals surface area (Å²) in [6.45, 7) is 2.00. The van der Waals surface area contributed by atoms with E-state index < -0.39 is 21.2 Å². The van der Waals surface area contributed by atoms with Crippen LogP contribution in [0.1, 0.15) is 18.4 Å². The number of nitrogens with zero attached hydrogens (tertiary/aromatic N) is 4. The number of benzene rings is 3. The van der Waals surface area contributed by atoms with Gasteiger partial charge in [0.05, 0.1) is 11.4 Å². The molecule has 1 aliphatic rings. The molecule has 0 spiro atoms. The smallest absolute Gasteiger partial charge is 0.295 e. The second kappa shape index (κ2) is 12.7. The Kier molecular flexibility index (Phi) is 8.50. The number of anilines is 3. The van der Waals surface area contributed by atoms with E-state index in [1.807, 2.05) is 24.3 Å². The van der Waals surface area contributed by atoms with E-state index >= 15 is 0 Å². The number of pyridine rings is 1. The number of halogens is 1. The Bertz CT molecular complexity index is 2010. The molecule has 12 heteroatoms. The van der Waals surface area contributed by atoms with Crippen molar-refractivity contribution in [3.05, 3.63) is 107 Å². The minimum absolute atomic E-state index is 0.0132. The van der Waals surface area contributed by atoms with Gasteiger partial charge in [-0.15, -0.1) is 0 Å². The van der Waals surface area contributed by atoms with Gasteiger partial charge in [0.15, 0.2) is 27.2 Å². The molecule has 0 radical (unpaired) electrons. The molecule has 1 aliphatic heterocycles. The van der Waals surface area contributed by atoms with Crippen LogP contribution >= 0.6 is 0 Å². The van der Waals surface area contributed by atoms with Crippen LogP contribution in [0.3, 0.4) is 0 Å². The second-order valence-corrected chi connectivity index (χ2v) is 13.1. The van der Waals surface area contributed by atoms with E-state index in [4.69, 9.17) is 4.74 Å². The van der Waals surface area contributed by atoms with Gasteiger partial charge in [0, 0.05) is 48.8 Å². The van der Waals surface area contributed by atoms with Crippen molar-refractivity contribution < 1.29 is 17.5 Å². The average molecular weight is 629 g/mol. The van der Waals surface area contributed by atoms with Crippen molar-refractivity contribution in [3.63, 3.8) is 0 Å². The third kappa shape index (κ3) is 6.81. The Balaban J connectivity index is 1.35. The molecule has 0 aliphatic carbocycles. The van der Waals surface area contributed by atoms with Gasteiger partial charge in [0.2, 0.25) is 5.95 Å². The minimum Gasteiger partial charge on any atom is -0.448 e. The molecule has 232 valence electrons. The summed E-state index contributed by atoms with van der Waals surface area (Å²) in [5, 5.41) is 7.14. The van der Waals surface area contributed by atoms with Crippen LogP contribution in [0.25, 0.3) is 11.0 Å². The number of aromatic nitrogens is 3. The van der Waals surface area contributed by atoms with Gasteiger partial charge in [0.1, 0.15) is 5.65 Å². The Hall–Kier alpha value is -4.81. The second-order valence-electron chi connectivity index (χ2n) is 11.1. The Labute approximate surface area is 260 Å². The van der Waals surface area contributed by atoms with E-state index in [1.54, 1.807) is 24.4 Å². The molecule has 0 bridgehead atoms. The molecule has 1 fully saturated rings. The number of likely N-dealkylation sites (N-methyl/N-ethyl adjacent to an activating group) is 1. The molecule has 1 unspecified atom stereocenters. The maximum Gasteiger partial charge on any atom is 0.295 e. The van der Waals surface area contributed by atoms with E-state index in [1.165, 1.54) is 41.0 Å². The van der Waals surface area contributed by atoms with E-state index in [2.05, 4.69) is 32.5 Å². The largest absolute Gasteiger partial charge is 0.448 e. The highest BCUT2D eigenvalue weighted by atomic mass is 32.2. The molecule has 6 rings (SSSR count). The van der Waals surface area contributed by atoms with Crippen LogP contribution < -0.4 is 25.8 Å². The zero-order valence-corrected chi connectivity index (χ0v) is 25.7. The molecule has 2 N–H and O–H groups in total. The molecular formula is C33H33FN6O4S. The predicted octanol–water partition coefficient (Wildman–Crippen LogP) is 5.11. The molecular weight excluding hydrogens is 595 g/mol. The van der Waals surface area contributed by atoms with Crippen molar-refractivity contribution in [1.29, 1.82) is 0 Å². The lowest BCUT2D eigenvalue weighted by Gasteiger charge is -2.33. The normalized spacial score (nSPS) is 15.1. The van der Waals surface area contributed by atoms with Crippen LogP contribution in [0.15, 0.2) is 94.7 Å². The van der Waals surface area contributed by atoms with Gasteiger partial charge in [-0.25, -0.2) is 17.8 Å². The number of fused-ring (bicyclic) bond motifs is 1. The highest BCUT2D eigenvalue weighted by Gasteiger charge is 2.19. The molecule has 1 atom stereocenters. The van der Waals surface area contributed by atoms with Gasteiger partial charge in [-0.1, -0.05) is 24.3 Å². The number of hydrogen-bond donors (Lipinski definition) is 2. The Morgan fingerprint density at radius 3 is 2.60 bits per heavy atom. The van der Waals surface area contributed by atoms with Gasteiger partial charge in [0.25, 0.3) is 5.56 Å². The van der Waals surface area contributed by atoms with Gasteiger partial charge < -0.3 is 20.3 Å². The zero-order chi connectivity index (χ0) is 31.6. The molecule has 1 saturated heterocycles. The standard InChI is InChI=1S/C33H33FN6O4S/c1-39(26-8-6-16-35-20-26)25-14-12-24(13-15-25)37-33-36-19-23-18-30(44-29-11-4-3-10-28(29)34)32(41)40(31(23)38-33)21-22-7-5-9-27(17-22)45(2,42)43/h3-5,7,9-15,17-19,26,35H,6,8,16,20-21H2,1-2H3,(H,36,37,38). The third-order valence-electron chi connectivity index (χ3n) is 7.87. The summed E-state index contributed by atoms with van der Waals surface area (Å²) in [5.74, 6) is -0.578. The number of rotatable bonds is 9. The van der Waals surface area contributed by atoms with Crippen molar-refractivity contribution in [2.75, 3.05) is 36.6 Å². The topological polar surface area (TPSA) is 118 Å². The van der Waals surface area contributed by atoms with Crippen LogP contribution in [0.2, 0.25) is 0 Å². The fourth-order valence-corrected chi connectivity index (χ4v) is 6.09. The molecule has 2 aromatic heterocycles. The number of nitrogens with one attached hydrogen (secondary N) is 2. The van der Waals surface area contributed by atoms with Gasteiger partial charge in [-0.2, -0.15) is 4.98 Å². The summed E-state index contributed by atoms with van der Waals surface area (Å²) in [6.07, 6.45) is 4.97. The van der Waals surface area contributed by atoms with Crippen LogP contribution in [0.5, 0.6) is 11.5 Å². The molecule has 3 heterocycles. The molecule has 10 nitrogen and oxygen atoms in total. The maximum absolute atomic E-state index is 14.4. The van der Waals surface area contributed by atoms with E-state index in [9.17, 15) is 17.6 Å². The number of piperidine rings is 1. The lowest BCUT2D eigenvalue weighted by atomic mass is 10.1. The maximum atomic E-state index is 14.4. The van der Waals surface area contributed by atoms with Crippen LogP contribution in [0.4, 0.5) is 21.7 Å². The number of ether oxygens (including phenoxy) is 1. The SMILES string of the molecule is CN(c1ccc(Nc2ncc3cc(Oc4ccccc4F)c(=O)n(Cc4cccc(S(C)(=O)=O)c4)c3n2)cc1)C1CCCNC1. The number of hydrogen-bond acceptors (Lipinski definition) is 9. The van der Waals surface area contributed by atoms with E-state index in [0.29, 0.717) is 22.6 Å². The van der Waals surface area contributed by atoms with Crippen molar-refractivity contribution >= 4 is 38.2 Å². The monoisotopic (exact) mass is 628 g/mol. The van der Waals surface area contributed by atoms with Crippen molar-refractivity contribution in [2.24, 2.45) is 0 Å². The van der Waals surface area contributed by atoms with Crippen molar-refractivity contribution in [3.8, 4) is 11.5 Å². The summed E-state index contributed by atoms with van der Waals surface area (Å²) in [4.78, 5) is 25.3. The fourth-order valence-electron chi connectivity index (χ4n) is 5.40. The molecule has 3 aromatic carbocycles. The first kappa shape index (κ1) is 30.2. The van der Waals surface area contributed by atoms with E-state index in [0.717, 1.165) is 43.6 Å². The molecule has 5 aromatic rings. The van der Waals surface area contributed by atoms with E-state index in [-0.39, 0.29) is 28.9 Å². The summed E-state index contributed by atoms with van der Waals surface area (Å²) in [7, 11) is -1.38. The van der Waals surface area contributed by atoms with Gasteiger partial charge in [-0.05, 0) is 79.5 Å². The first-order chi connectivity index (χ1) is 21.7. The highest BCUT2D eigenvalue weighted by molar-refractivity contribution is 7.90. The lowest BCUT2D eigenvalue weighted by molar-refractivity contribution is 0.433. The fraction of sp³-hybridized carbons (Fsp3) is 0.242. The summed E-state index contributed by atoms with van der Waals surface area (Å²) < 4.78 is 45.9. The Morgan fingerprint density at radius 2 is 1.87 bits per heavy atom. The lowest BCUT2D eigenvalue weighted by Crippen LogP contribution is -2.44. The minimum atomic E-state index is -3.48. The quantitative estimate of drug-likeness (QED) is 0.230. The van der Waals surface area contributed by atoms with Crippen molar-refractivity contribution in [2.45, 2.75) is 30.3 Å². The zero-order valence-electron chi connectivity index (χ0n) is 24.9. The van der Waals surface area contributed by atoms with Gasteiger partial charge >= 0.3 is 0 Å². The molecule has 45 heavy (non-hydrogen) atoms. The van der Waals surface area contributed by atoms with Gasteiger partial charge in [-0.3, -0.25) is 9.36 Å². The number of sulfone groups is 1. The first-order valence-corrected chi connectivity index (χ1v) is 16.5. The molecule has 0 amide bonds. The summed E-state index contributed by atoms with van der Waals surface area (Å²) in [6, 6.07) is 22.0. The van der Waals surface area contributed by atoms with Crippen LogP contribution in [-0.2, 0) is 16.4 Å². The summed E-state index contributed by atoms with van der Waals surface area (Å²) in [5.41, 5.74) is 2.16. The third-order valence-corrected chi connectivity index (χ3v) is 8.98. The predicted molar refractivity (Wildman–Crippen MR) is 173 cm³/mol. The van der Waals surface area contributed by atoms with Crippen LogP contribution in [-0.4, -0.2) is 55.4 Å².